The molecule has 3 atom stereocenters. The molecule has 0 radical (unpaired) electrons. The lowest BCUT2D eigenvalue weighted by molar-refractivity contribution is -0.139. The zero-order chi connectivity index (χ0) is 10.6. The molecule has 2 heteroatoms. The van der Waals surface area contributed by atoms with E-state index in [0.717, 1.165) is 12.3 Å². The van der Waals surface area contributed by atoms with Crippen molar-refractivity contribution < 1.29 is 9.90 Å². The summed E-state index contributed by atoms with van der Waals surface area (Å²) in [5.41, 5.74) is 0.628. The van der Waals surface area contributed by atoms with E-state index in [-0.39, 0.29) is 5.41 Å². The van der Waals surface area contributed by atoms with Crippen molar-refractivity contribution >= 4 is 5.97 Å². The van der Waals surface area contributed by atoms with Crippen LogP contribution in [-0.4, -0.2) is 11.1 Å². The third kappa shape index (κ3) is 1.06. The van der Waals surface area contributed by atoms with Gasteiger partial charge < -0.3 is 5.11 Å². The Morgan fingerprint density at radius 2 is 2.07 bits per heavy atom. The Balaban J connectivity index is 2.23. The Labute approximate surface area is 85.7 Å². The first kappa shape index (κ1) is 10.0. The van der Waals surface area contributed by atoms with Gasteiger partial charge in [0, 0.05) is 6.42 Å². The maximum Gasteiger partial charge on any atom is 0.303 e. The maximum absolute atomic E-state index is 10.8. The van der Waals surface area contributed by atoms with Crippen LogP contribution < -0.4 is 0 Å². The van der Waals surface area contributed by atoms with Crippen LogP contribution in [0.25, 0.3) is 0 Å². The SMILES string of the molecule is CC1(C)[C@H]2CC[C@@]1(C)[C@H](CC(=O)O)C2. The molecule has 2 aliphatic rings. The Morgan fingerprint density at radius 1 is 1.43 bits per heavy atom. The number of hydrogen-bond donors (Lipinski definition) is 1. The van der Waals surface area contributed by atoms with Gasteiger partial charge in [-0.25, -0.2) is 0 Å². The summed E-state index contributed by atoms with van der Waals surface area (Å²) in [5.74, 6) is 0.546. The van der Waals surface area contributed by atoms with Gasteiger partial charge >= 0.3 is 5.97 Å². The number of hydrogen-bond acceptors (Lipinski definition) is 1. The van der Waals surface area contributed by atoms with E-state index in [1.807, 2.05) is 0 Å². The first-order valence-corrected chi connectivity index (χ1v) is 5.60. The number of carbonyl (C=O) groups is 1. The molecule has 0 spiro atoms. The summed E-state index contributed by atoms with van der Waals surface area (Å²) in [6.45, 7) is 6.95. The molecular weight excluding hydrogens is 176 g/mol. The minimum Gasteiger partial charge on any atom is -0.481 e. The molecule has 2 saturated carbocycles. The van der Waals surface area contributed by atoms with Crippen LogP contribution in [0.1, 0.15) is 46.5 Å². The van der Waals surface area contributed by atoms with E-state index in [0.29, 0.717) is 17.8 Å². The summed E-state index contributed by atoms with van der Waals surface area (Å²) in [6, 6.07) is 0. The molecule has 0 aromatic rings. The summed E-state index contributed by atoms with van der Waals surface area (Å²) >= 11 is 0. The van der Waals surface area contributed by atoms with Crippen molar-refractivity contribution in [2.75, 3.05) is 0 Å². The molecule has 2 aliphatic carbocycles. The summed E-state index contributed by atoms with van der Waals surface area (Å²) in [6.07, 6.45) is 4.04. The molecule has 14 heavy (non-hydrogen) atoms. The highest BCUT2D eigenvalue weighted by molar-refractivity contribution is 5.67. The van der Waals surface area contributed by atoms with Crippen LogP contribution in [0, 0.1) is 22.7 Å². The molecule has 2 bridgehead atoms. The Hall–Kier alpha value is -0.530. The normalized spacial score (nSPS) is 44.2. The van der Waals surface area contributed by atoms with E-state index in [1.54, 1.807) is 0 Å². The maximum atomic E-state index is 10.8. The van der Waals surface area contributed by atoms with Gasteiger partial charge in [0.2, 0.25) is 0 Å². The van der Waals surface area contributed by atoms with Crippen molar-refractivity contribution in [2.24, 2.45) is 22.7 Å². The van der Waals surface area contributed by atoms with Gasteiger partial charge in [0.15, 0.2) is 0 Å². The van der Waals surface area contributed by atoms with Crippen LogP contribution >= 0.6 is 0 Å². The predicted molar refractivity (Wildman–Crippen MR) is 55.0 cm³/mol. The number of rotatable bonds is 2. The molecule has 80 valence electrons. The van der Waals surface area contributed by atoms with Gasteiger partial charge in [-0.05, 0) is 41.9 Å². The first-order chi connectivity index (χ1) is 6.38. The van der Waals surface area contributed by atoms with Crippen LogP contribution in [0.5, 0.6) is 0 Å². The molecule has 2 rings (SSSR count). The van der Waals surface area contributed by atoms with Crippen LogP contribution in [0.2, 0.25) is 0 Å². The van der Waals surface area contributed by atoms with Crippen LogP contribution in [-0.2, 0) is 4.79 Å². The van der Waals surface area contributed by atoms with Gasteiger partial charge in [-0.3, -0.25) is 4.79 Å². The van der Waals surface area contributed by atoms with Gasteiger partial charge in [-0.1, -0.05) is 20.8 Å². The monoisotopic (exact) mass is 196 g/mol. The highest BCUT2D eigenvalue weighted by Crippen LogP contribution is 2.68. The van der Waals surface area contributed by atoms with Crippen molar-refractivity contribution in [3.05, 3.63) is 0 Å². The number of aliphatic carboxylic acids is 1. The minimum atomic E-state index is -0.625. The lowest BCUT2D eigenvalue weighted by Crippen LogP contribution is -2.33. The second-order valence-corrected chi connectivity index (χ2v) is 5.91. The zero-order valence-corrected chi connectivity index (χ0v) is 9.34. The zero-order valence-electron chi connectivity index (χ0n) is 9.34. The molecule has 0 aromatic heterocycles. The standard InChI is InChI=1S/C12H20O2/c1-11(2)8-4-5-12(11,3)9(6-8)7-10(13)14/h8-9H,4-7H2,1-3H3,(H,13,14)/t8-,9-,12-/m0/s1. The fraction of sp³-hybridized carbons (Fsp3) is 0.917. The quantitative estimate of drug-likeness (QED) is 0.737. The summed E-state index contributed by atoms with van der Waals surface area (Å²) in [4.78, 5) is 10.8. The first-order valence-electron chi connectivity index (χ1n) is 5.60. The van der Waals surface area contributed by atoms with E-state index in [4.69, 9.17) is 5.11 Å². The third-order valence-corrected chi connectivity index (χ3v) is 5.40. The fourth-order valence-corrected chi connectivity index (χ4v) is 3.89. The van der Waals surface area contributed by atoms with Gasteiger partial charge in [0.1, 0.15) is 0 Å². The molecule has 1 N–H and O–H groups in total. The van der Waals surface area contributed by atoms with Crippen molar-refractivity contribution in [2.45, 2.75) is 46.5 Å². The molecule has 0 unspecified atom stereocenters. The van der Waals surface area contributed by atoms with Gasteiger partial charge in [-0.2, -0.15) is 0 Å². The van der Waals surface area contributed by atoms with Crippen molar-refractivity contribution in [3.63, 3.8) is 0 Å². The smallest absolute Gasteiger partial charge is 0.303 e. The number of carboxylic acids is 1. The molecule has 2 fully saturated rings. The summed E-state index contributed by atoms with van der Waals surface area (Å²) in [5, 5.41) is 8.89. The molecule has 0 saturated heterocycles. The summed E-state index contributed by atoms with van der Waals surface area (Å²) in [7, 11) is 0. The predicted octanol–water partition coefficient (Wildman–Crippen LogP) is 2.92. The second kappa shape index (κ2) is 2.74. The Kier molecular flexibility index (Phi) is 1.96. The molecule has 0 aliphatic heterocycles. The van der Waals surface area contributed by atoms with E-state index in [9.17, 15) is 4.79 Å². The van der Waals surface area contributed by atoms with E-state index >= 15 is 0 Å². The molecule has 0 amide bonds. The van der Waals surface area contributed by atoms with Crippen LogP contribution in [0.4, 0.5) is 0 Å². The molecular formula is C12H20O2. The lowest BCUT2D eigenvalue weighted by atomic mass is 9.66. The lowest BCUT2D eigenvalue weighted by Gasteiger charge is -2.38. The summed E-state index contributed by atoms with van der Waals surface area (Å²) < 4.78 is 0. The van der Waals surface area contributed by atoms with Crippen LogP contribution in [0.15, 0.2) is 0 Å². The van der Waals surface area contributed by atoms with Crippen molar-refractivity contribution in [3.8, 4) is 0 Å². The van der Waals surface area contributed by atoms with Gasteiger partial charge in [-0.15, -0.1) is 0 Å². The largest absolute Gasteiger partial charge is 0.481 e. The second-order valence-electron chi connectivity index (χ2n) is 5.91. The van der Waals surface area contributed by atoms with Crippen molar-refractivity contribution in [1.82, 2.24) is 0 Å². The Bertz CT molecular complexity index is 269. The van der Waals surface area contributed by atoms with Gasteiger partial charge in [0.05, 0.1) is 0 Å². The van der Waals surface area contributed by atoms with E-state index in [2.05, 4.69) is 20.8 Å². The minimum absolute atomic E-state index is 0.274. The van der Waals surface area contributed by atoms with E-state index < -0.39 is 5.97 Å². The highest BCUT2D eigenvalue weighted by Gasteiger charge is 2.61. The fourth-order valence-electron chi connectivity index (χ4n) is 3.89. The van der Waals surface area contributed by atoms with Crippen LogP contribution in [0.3, 0.4) is 0 Å². The average Bonchev–Trinajstić information content (AvgIpc) is 2.35. The molecule has 2 nitrogen and oxygen atoms in total. The Morgan fingerprint density at radius 3 is 2.43 bits per heavy atom. The van der Waals surface area contributed by atoms with Gasteiger partial charge in [0.25, 0.3) is 0 Å². The van der Waals surface area contributed by atoms with E-state index in [1.165, 1.54) is 12.8 Å². The topological polar surface area (TPSA) is 37.3 Å². The number of fused-ring (bicyclic) bond motifs is 2. The average molecular weight is 196 g/mol. The third-order valence-electron chi connectivity index (χ3n) is 5.40. The van der Waals surface area contributed by atoms with Crippen molar-refractivity contribution in [1.29, 1.82) is 0 Å². The molecule has 0 aromatic carbocycles. The number of carboxylic acid groups (broad SMARTS) is 1. The molecule has 0 heterocycles. The highest BCUT2D eigenvalue weighted by atomic mass is 16.4.